The second kappa shape index (κ2) is 16.1. The van der Waals surface area contributed by atoms with E-state index >= 15 is 0 Å². The number of hydrogen-bond acceptors (Lipinski definition) is 4. The normalized spacial score (nSPS) is 20.5. The number of benzene rings is 2. The Morgan fingerprint density at radius 1 is 0.950 bits per heavy atom. The number of ether oxygens (including phenoxy) is 2. The summed E-state index contributed by atoms with van der Waals surface area (Å²) < 4.78 is 11.2. The standard InChI is InChI=1S/C35H48ClNO3/c1-5-6-7-8-9-10-21-35(25-37)22-19-31(20-23-35)29-13-11-28(12-14-29)30-15-17-32(18-16-30)39-24-27(4)40-34(38)33(36)26(2)3/h11-18,26-27,31,33H,5-10,19-24H2,1-4H3. The van der Waals surface area contributed by atoms with E-state index in [4.69, 9.17) is 21.1 Å². The molecule has 2 aromatic rings. The number of halogens is 1. The molecule has 0 radical (unpaired) electrons. The van der Waals surface area contributed by atoms with Crippen LogP contribution in [0.2, 0.25) is 0 Å². The molecule has 0 aliphatic heterocycles. The minimum Gasteiger partial charge on any atom is -0.490 e. The number of unbranched alkanes of at least 4 members (excludes halogenated alkanes) is 5. The number of rotatable bonds is 15. The summed E-state index contributed by atoms with van der Waals surface area (Å²) in [6.45, 7) is 8.11. The van der Waals surface area contributed by atoms with Crippen molar-refractivity contribution in [3.8, 4) is 22.9 Å². The maximum Gasteiger partial charge on any atom is 0.324 e. The van der Waals surface area contributed by atoms with E-state index in [0.717, 1.165) is 43.4 Å². The number of esters is 1. The van der Waals surface area contributed by atoms with E-state index < -0.39 is 11.3 Å². The van der Waals surface area contributed by atoms with Crippen molar-refractivity contribution in [2.24, 2.45) is 11.3 Å². The van der Waals surface area contributed by atoms with Gasteiger partial charge >= 0.3 is 5.97 Å². The molecule has 5 heteroatoms. The topological polar surface area (TPSA) is 59.3 Å². The SMILES string of the molecule is CCCCCCCCC1(C#N)CCC(c2ccc(-c3ccc(OCC(C)OC(=O)C(Cl)C(C)C)cc3)cc2)CC1. The van der Waals surface area contributed by atoms with Crippen LogP contribution in [0.4, 0.5) is 0 Å². The minimum absolute atomic E-state index is 0.0225. The lowest BCUT2D eigenvalue weighted by Gasteiger charge is -2.35. The Labute approximate surface area is 247 Å². The van der Waals surface area contributed by atoms with Gasteiger partial charge in [0.2, 0.25) is 0 Å². The fourth-order valence-corrected chi connectivity index (χ4v) is 5.69. The number of carbonyl (C=O) groups is 1. The van der Waals surface area contributed by atoms with Crippen molar-refractivity contribution in [3.63, 3.8) is 0 Å². The molecule has 0 bridgehead atoms. The highest BCUT2D eigenvalue weighted by Crippen LogP contribution is 2.46. The van der Waals surface area contributed by atoms with Crippen LogP contribution in [0.3, 0.4) is 0 Å². The first-order valence-corrected chi connectivity index (χ1v) is 15.8. The van der Waals surface area contributed by atoms with Crippen molar-refractivity contribution in [3.05, 3.63) is 54.1 Å². The minimum atomic E-state index is -0.646. The van der Waals surface area contributed by atoms with Gasteiger partial charge in [-0.05, 0) is 79.7 Å². The second-order valence-corrected chi connectivity index (χ2v) is 12.5. The molecule has 2 aromatic carbocycles. The average molecular weight is 566 g/mol. The van der Waals surface area contributed by atoms with E-state index in [2.05, 4.69) is 49.4 Å². The Bertz CT molecular complexity index is 1070. The first kappa shape index (κ1) is 32.0. The third-order valence-corrected chi connectivity index (χ3v) is 9.05. The van der Waals surface area contributed by atoms with Gasteiger partial charge in [0.25, 0.3) is 0 Å². The number of hydrogen-bond donors (Lipinski definition) is 0. The van der Waals surface area contributed by atoms with Crippen LogP contribution >= 0.6 is 11.6 Å². The van der Waals surface area contributed by atoms with Crippen molar-refractivity contribution in [1.82, 2.24) is 0 Å². The van der Waals surface area contributed by atoms with Gasteiger partial charge in [0, 0.05) is 0 Å². The summed E-state index contributed by atoms with van der Waals surface area (Å²) in [7, 11) is 0. The van der Waals surface area contributed by atoms with E-state index in [1.54, 1.807) is 6.92 Å². The van der Waals surface area contributed by atoms with Crippen LogP contribution in [-0.2, 0) is 9.53 Å². The summed E-state index contributed by atoms with van der Waals surface area (Å²) in [5, 5.41) is 9.32. The molecule has 3 rings (SSSR count). The molecule has 2 unspecified atom stereocenters. The number of nitrogens with zero attached hydrogens (tertiary/aromatic N) is 1. The molecule has 218 valence electrons. The van der Waals surface area contributed by atoms with Crippen LogP contribution in [-0.4, -0.2) is 24.1 Å². The summed E-state index contributed by atoms with van der Waals surface area (Å²) in [6, 6.07) is 19.6. The highest BCUT2D eigenvalue weighted by atomic mass is 35.5. The van der Waals surface area contributed by atoms with E-state index in [1.807, 2.05) is 26.0 Å². The molecule has 1 fully saturated rings. The Morgan fingerprint density at radius 3 is 2.10 bits per heavy atom. The molecule has 1 saturated carbocycles. The fourth-order valence-electron chi connectivity index (χ4n) is 5.64. The third kappa shape index (κ3) is 9.55. The van der Waals surface area contributed by atoms with E-state index in [0.29, 0.717) is 5.92 Å². The highest BCUT2D eigenvalue weighted by Gasteiger charge is 2.35. The van der Waals surface area contributed by atoms with Gasteiger partial charge in [-0.3, -0.25) is 4.79 Å². The van der Waals surface area contributed by atoms with Crippen LogP contribution in [0.15, 0.2) is 48.5 Å². The summed E-state index contributed by atoms with van der Waals surface area (Å²) in [5.74, 6) is 0.895. The smallest absolute Gasteiger partial charge is 0.324 e. The number of nitriles is 1. The molecular formula is C35H48ClNO3. The van der Waals surface area contributed by atoms with E-state index in [-0.39, 0.29) is 24.0 Å². The molecule has 0 saturated heterocycles. The molecule has 40 heavy (non-hydrogen) atoms. The predicted octanol–water partition coefficient (Wildman–Crippen LogP) is 9.85. The molecule has 1 aliphatic rings. The zero-order valence-corrected chi connectivity index (χ0v) is 25.7. The maximum atomic E-state index is 12.0. The molecule has 1 aliphatic carbocycles. The van der Waals surface area contributed by atoms with Gasteiger partial charge in [-0.15, -0.1) is 11.6 Å². The van der Waals surface area contributed by atoms with Gasteiger partial charge in [0.15, 0.2) is 0 Å². The first-order valence-electron chi connectivity index (χ1n) is 15.4. The van der Waals surface area contributed by atoms with Crippen molar-refractivity contribution in [1.29, 1.82) is 5.26 Å². The molecule has 0 heterocycles. The van der Waals surface area contributed by atoms with Crippen LogP contribution < -0.4 is 4.74 Å². The van der Waals surface area contributed by atoms with Gasteiger partial charge in [-0.2, -0.15) is 5.26 Å². The summed E-state index contributed by atoms with van der Waals surface area (Å²) in [6.07, 6.45) is 12.6. The summed E-state index contributed by atoms with van der Waals surface area (Å²) >= 11 is 6.08. The van der Waals surface area contributed by atoms with Crippen molar-refractivity contribution in [2.75, 3.05) is 6.61 Å². The lowest BCUT2D eigenvalue weighted by Crippen LogP contribution is -2.29. The molecule has 0 spiro atoms. The molecule has 0 N–H and O–H groups in total. The summed E-state index contributed by atoms with van der Waals surface area (Å²) in [4.78, 5) is 12.0. The summed E-state index contributed by atoms with van der Waals surface area (Å²) in [5.41, 5.74) is 3.58. The van der Waals surface area contributed by atoms with Crippen LogP contribution in [0, 0.1) is 22.7 Å². The fraction of sp³-hybridized carbons (Fsp3) is 0.600. The third-order valence-electron chi connectivity index (χ3n) is 8.37. The van der Waals surface area contributed by atoms with Gasteiger partial charge < -0.3 is 9.47 Å². The first-order chi connectivity index (χ1) is 19.3. The predicted molar refractivity (Wildman–Crippen MR) is 165 cm³/mol. The number of carbonyl (C=O) groups excluding carboxylic acids is 1. The van der Waals surface area contributed by atoms with Gasteiger partial charge in [-0.25, -0.2) is 0 Å². The monoisotopic (exact) mass is 565 g/mol. The van der Waals surface area contributed by atoms with Crippen molar-refractivity contribution < 1.29 is 14.3 Å². The largest absolute Gasteiger partial charge is 0.490 e. The van der Waals surface area contributed by atoms with Crippen molar-refractivity contribution >= 4 is 17.6 Å². The number of alkyl halides is 1. The van der Waals surface area contributed by atoms with E-state index in [1.165, 1.54) is 49.7 Å². The lowest BCUT2D eigenvalue weighted by molar-refractivity contribution is -0.149. The quantitative estimate of drug-likeness (QED) is 0.122. The molecule has 0 amide bonds. The molecule has 2 atom stereocenters. The zero-order chi connectivity index (χ0) is 29.0. The van der Waals surface area contributed by atoms with Crippen molar-refractivity contribution in [2.45, 2.75) is 116 Å². The van der Waals surface area contributed by atoms with Gasteiger partial charge in [0.1, 0.15) is 23.8 Å². The maximum absolute atomic E-state index is 12.0. The van der Waals surface area contributed by atoms with Gasteiger partial charge in [-0.1, -0.05) is 95.7 Å². The Morgan fingerprint density at radius 2 is 1.52 bits per heavy atom. The van der Waals surface area contributed by atoms with Gasteiger partial charge in [0.05, 0.1) is 11.5 Å². The van der Waals surface area contributed by atoms with Crippen LogP contribution in [0.1, 0.15) is 110 Å². The highest BCUT2D eigenvalue weighted by molar-refractivity contribution is 6.30. The zero-order valence-electron chi connectivity index (χ0n) is 25.0. The second-order valence-electron chi connectivity index (χ2n) is 12.0. The molecule has 0 aromatic heterocycles. The Kier molecular flexibility index (Phi) is 12.9. The lowest BCUT2D eigenvalue weighted by atomic mass is 9.67. The van der Waals surface area contributed by atoms with Crippen LogP contribution in [0.25, 0.3) is 11.1 Å². The molecule has 4 nitrogen and oxygen atoms in total. The molecular weight excluding hydrogens is 518 g/mol. The Hall–Kier alpha value is -2.51. The van der Waals surface area contributed by atoms with E-state index in [9.17, 15) is 10.1 Å². The van der Waals surface area contributed by atoms with Crippen LogP contribution in [0.5, 0.6) is 5.75 Å². The average Bonchev–Trinajstić information content (AvgIpc) is 2.98. The Balaban J connectivity index is 1.46.